The van der Waals surface area contributed by atoms with Crippen molar-refractivity contribution in [2.75, 3.05) is 19.7 Å². The normalized spacial score (nSPS) is 16.7. The molecule has 2 aromatic heterocycles. The summed E-state index contributed by atoms with van der Waals surface area (Å²) in [4.78, 5) is 32.3. The average molecular weight is 433 g/mol. The van der Waals surface area contributed by atoms with Gasteiger partial charge in [0.05, 0.1) is 23.0 Å². The average Bonchev–Trinajstić information content (AvgIpc) is 3.30. The molecule has 0 saturated carbocycles. The van der Waals surface area contributed by atoms with Gasteiger partial charge in [0.15, 0.2) is 6.61 Å². The van der Waals surface area contributed by atoms with Crippen molar-refractivity contribution in [1.29, 1.82) is 0 Å². The van der Waals surface area contributed by atoms with Crippen LogP contribution < -0.4 is 0 Å². The summed E-state index contributed by atoms with van der Waals surface area (Å²) in [6, 6.07) is 11.3. The number of amides is 1. The number of fused-ring (bicyclic) bond motifs is 2. The van der Waals surface area contributed by atoms with Crippen molar-refractivity contribution in [1.82, 2.24) is 9.88 Å². The molecular weight excluding hydrogens is 404 g/mol. The van der Waals surface area contributed by atoms with Crippen molar-refractivity contribution in [3.8, 4) is 0 Å². The molecule has 1 amide bonds. The fourth-order valence-corrected chi connectivity index (χ4v) is 4.38. The fourth-order valence-electron chi connectivity index (χ4n) is 4.38. The van der Waals surface area contributed by atoms with Crippen molar-refractivity contribution < 1.29 is 18.7 Å². The van der Waals surface area contributed by atoms with Gasteiger partial charge in [-0.2, -0.15) is 0 Å². The Hall–Kier alpha value is -3.41. The highest BCUT2D eigenvalue weighted by atomic mass is 16.5. The molecule has 2 heterocycles. The van der Waals surface area contributed by atoms with Crippen LogP contribution in [-0.2, 0) is 16.0 Å². The van der Waals surface area contributed by atoms with Crippen LogP contribution >= 0.6 is 0 Å². The largest absolute Gasteiger partial charge is 0.465 e. The Morgan fingerprint density at radius 1 is 1.16 bits per heavy atom. The summed E-state index contributed by atoms with van der Waals surface area (Å²) in [5.74, 6) is 0.411. The number of nitrogens with zero attached hydrogens (tertiary/aromatic N) is 2. The molecule has 0 aliphatic heterocycles. The van der Waals surface area contributed by atoms with E-state index in [2.05, 4.69) is 6.92 Å². The van der Waals surface area contributed by atoms with E-state index in [1.54, 1.807) is 11.2 Å². The van der Waals surface area contributed by atoms with Crippen molar-refractivity contribution in [3.63, 3.8) is 0 Å². The number of aromatic nitrogens is 1. The third kappa shape index (κ3) is 4.31. The smallest absolute Gasteiger partial charge is 0.339 e. The first-order valence-electron chi connectivity index (χ1n) is 11.1. The van der Waals surface area contributed by atoms with Crippen LogP contribution in [0.25, 0.3) is 22.6 Å². The first kappa shape index (κ1) is 21.8. The maximum Gasteiger partial charge on any atom is 0.339 e. The van der Waals surface area contributed by atoms with E-state index in [4.69, 9.17) is 14.1 Å². The monoisotopic (exact) mass is 432 g/mol. The maximum atomic E-state index is 13.3. The fraction of sp³-hybridized carbons (Fsp3) is 0.346. The Bertz CT molecular complexity index is 1160. The molecule has 3 aromatic rings. The second-order valence-corrected chi connectivity index (χ2v) is 8.17. The number of hydrogen-bond donors (Lipinski definition) is 0. The Morgan fingerprint density at radius 3 is 2.66 bits per heavy atom. The zero-order valence-corrected chi connectivity index (χ0v) is 18.8. The number of allylic oxidation sites excluding steroid dienone is 1. The topological polar surface area (TPSA) is 72.6 Å². The van der Waals surface area contributed by atoms with Gasteiger partial charge in [-0.15, -0.1) is 0 Å². The highest BCUT2D eigenvalue weighted by Gasteiger charge is 2.29. The van der Waals surface area contributed by atoms with Gasteiger partial charge in [0.1, 0.15) is 5.76 Å². The zero-order chi connectivity index (χ0) is 22.7. The maximum absolute atomic E-state index is 13.3. The lowest BCUT2D eigenvalue weighted by atomic mass is 9.81. The lowest BCUT2D eigenvalue weighted by Crippen LogP contribution is -2.34. The molecule has 0 fully saturated rings. The summed E-state index contributed by atoms with van der Waals surface area (Å²) in [6.07, 6.45) is 5.20. The molecule has 32 heavy (non-hydrogen) atoms. The summed E-state index contributed by atoms with van der Waals surface area (Å²) in [5, 5.41) is 0.748. The summed E-state index contributed by atoms with van der Waals surface area (Å²) < 4.78 is 11.1. The van der Waals surface area contributed by atoms with Crippen LogP contribution in [0.4, 0.5) is 0 Å². The Kier molecular flexibility index (Phi) is 6.40. The minimum atomic E-state index is -0.480. The quantitative estimate of drug-likeness (QED) is 0.514. The molecule has 0 spiro atoms. The van der Waals surface area contributed by atoms with Crippen molar-refractivity contribution in [3.05, 3.63) is 65.2 Å². The molecule has 1 aliphatic rings. The number of para-hydroxylation sites is 1. The summed E-state index contributed by atoms with van der Waals surface area (Å²) in [7, 11) is 0. The summed E-state index contributed by atoms with van der Waals surface area (Å²) in [6.45, 7) is 6.87. The molecule has 1 aliphatic carbocycles. The second-order valence-electron chi connectivity index (χ2n) is 8.17. The van der Waals surface area contributed by atoms with E-state index in [0.29, 0.717) is 24.6 Å². The molecule has 6 nitrogen and oxygen atoms in total. The van der Waals surface area contributed by atoms with E-state index >= 15 is 0 Å². The van der Waals surface area contributed by atoms with Crippen LogP contribution in [0.2, 0.25) is 0 Å². The van der Waals surface area contributed by atoms with Crippen LogP contribution in [0, 0.1) is 5.92 Å². The van der Waals surface area contributed by atoms with Gasteiger partial charge < -0.3 is 14.1 Å². The highest BCUT2D eigenvalue weighted by molar-refractivity contribution is 6.07. The highest BCUT2D eigenvalue weighted by Crippen LogP contribution is 2.38. The van der Waals surface area contributed by atoms with Gasteiger partial charge in [-0.3, -0.25) is 4.79 Å². The first-order chi connectivity index (χ1) is 15.5. The second kappa shape index (κ2) is 9.39. The number of pyridine rings is 1. The number of ether oxygens (including phenoxy) is 1. The predicted molar refractivity (Wildman–Crippen MR) is 124 cm³/mol. The summed E-state index contributed by atoms with van der Waals surface area (Å²) in [5.41, 5.74) is 3.96. The van der Waals surface area contributed by atoms with Gasteiger partial charge in [-0.25, -0.2) is 9.78 Å². The lowest BCUT2D eigenvalue weighted by molar-refractivity contribution is -0.134. The molecule has 6 heteroatoms. The van der Waals surface area contributed by atoms with E-state index in [1.807, 2.05) is 56.3 Å². The standard InChI is InChI=1S/C26H28N2O4/c1-4-28(5-2)23(29)16-32-26(30)24-20-10-6-7-11-22(20)27-25-18(13-17(3)14-21(24)25)15-19-9-8-12-31-19/h6-12,15,17H,4-5,13-14,16H2,1-3H3/b18-15-. The third-order valence-corrected chi connectivity index (χ3v) is 5.93. The van der Waals surface area contributed by atoms with Gasteiger partial charge in [0.2, 0.25) is 0 Å². The molecule has 4 rings (SSSR count). The van der Waals surface area contributed by atoms with E-state index in [9.17, 15) is 9.59 Å². The van der Waals surface area contributed by atoms with Crippen LogP contribution in [0.3, 0.4) is 0 Å². The number of hydrogen-bond acceptors (Lipinski definition) is 5. The Balaban J connectivity index is 1.78. The Labute approximate surface area is 187 Å². The van der Waals surface area contributed by atoms with Gasteiger partial charge >= 0.3 is 5.97 Å². The van der Waals surface area contributed by atoms with Crippen LogP contribution in [0.1, 0.15) is 54.6 Å². The minimum absolute atomic E-state index is 0.192. The third-order valence-electron chi connectivity index (χ3n) is 5.93. The van der Waals surface area contributed by atoms with Crippen molar-refractivity contribution in [2.45, 2.75) is 33.6 Å². The van der Waals surface area contributed by atoms with Crippen molar-refractivity contribution >= 4 is 34.4 Å². The predicted octanol–water partition coefficient (Wildman–Crippen LogP) is 4.98. The van der Waals surface area contributed by atoms with Gasteiger partial charge in [0, 0.05) is 18.5 Å². The van der Waals surface area contributed by atoms with E-state index in [1.165, 1.54) is 0 Å². The van der Waals surface area contributed by atoms with Gasteiger partial charge in [-0.1, -0.05) is 25.1 Å². The SMILES string of the molecule is CCN(CC)C(=O)COC(=O)c1c2c(nc3ccccc13)/C(=C\c1ccco1)CC(C)C2. The van der Waals surface area contributed by atoms with Crippen LogP contribution in [-0.4, -0.2) is 41.5 Å². The van der Waals surface area contributed by atoms with Crippen LogP contribution in [0.15, 0.2) is 47.1 Å². The van der Waals surface area contributed by atoms with E-state index < -0.39 is 5.97 Å². The molecule has 0 saturated heterocycles. The molecule has 0 radical (unpaired) electrons. The molecule has 1 atom stereocenters. The molecule has 1 unspecified atom stereocenters. The van der Waals surface area contributed by atoms with Crippen LogP contribution in [0.5, 0.6) is 0 Å². The number of furan rings is 1. The number of carbonyl (C=O) groups is 2. The molecule has 0 bridgehead atoms. The molecule has 166 valence electrons. The number of rotatable bonds is 6. The lowest BCUT2D eigenvalue weighted by Gasteiger charge is -2.26. The van der Waals surface area contributed by atoms with Gasteiger partial charge in [-0.05, 0) is 68.0 Å². The van der Waals surface area contributed by atoms with E-state index in [0.717, 1.165) is 46.3 Å². The van der Waals surface area contributed by atoms with Gasteiger partial charge in [0.25, 0.3) is 5.91 Å². The number of carbonyl (C=O) groups excluding carboxylic acids is 2. The zero-order valence-electron chi connectivity index (χ0n) is 18.8. The first-order valence-corrected chi connectivity index (χ1v) is 11.1. The molecule has 0 N–H and O–H groups in total. The summed E-state index contributed by atoms with van der Waals surface area (Å²) >= 11 is 0. The number of likely N-dealkylation sites (N-methyl/N-ethyl adjacent to an activating group) is 1. The number of esters is 1. The number of benzene rings is 1. The molecular formula is C26H28N2O4. The van der Waals surface area contributed by atoms with Crippen molar-refractivity contribution in [2.24, 2.45) is 5.92 Å². The Morgan fingerprint density at radius 2 is 1.94 bits per heavy atom. The van der Waals surface area contributed by atoms with E-state index in [-0.39, 0.29) is 12.5 Å². The minimum Gasteiger partial charge on any atom is -0.465 e. The molecule has 1 aromatic carbocycles.